The minimum absolute atomic E-state index is 0.0858. The van der Waals surface area contributed by atoms with Crippen LogP contribution in [0.15, 0.2) is 12.3 Å². The number of aryl methyl sites for hydroxylation is 1. The van der Waals surface area contributed by atoms with Crippen LogP contribution in [-0.2, 0) is 12.0 Å². The molecule has 0 fully saturated rings. The van der Waals surface area contributed by atoms with Gasteiger partial charge in [-0.1, -0.05) is 20.8 Å². The summed E-state index contributed by atoms with van der Waals surface area (Å²) in [5, 5.41) is 10.2. The summed E-state index contributed by atoms with van der Waals surface area (Å²) in [6, 6.07) is 1.84. The van der Waals surface area contributed by atoms with Crippen molar-refractivity contribution < 1.29 is 14.6 Å². The highest BCUT2D eigenvalue weighted by atomic mass is 32.1. The van der Waals surface area contributed by atoms with E-state index in [1.807, 2.05) is 13.0 Å². The number of hydrogen-bond donors (Lipinski definition) is 1. The molecular weight excluding hydrogens is 294 g/mol. The summed E-state index contributed by atoms with van der Waals surface area (Å²) >= 11 is 2.83. The number of hydrogen-bond acceptors (Lipinski definition) is 5. The zero-order chi connectivity index (χ0) is 14.9. The van der Waals surface area contributed by atoms with Crippen molar-refractivity contribution in [2.45, 2.75) is 39.7 Å². The predicted octanol–water partition coefficient (Wildman–Crippen LogP) is 4.09. The molecule has 2 heterocycles. The third-order valence-corrected chi connectivity index (χ3v) is 5.09. The molecule has 0 aliphatic heterocycles. The first-order valence-corrected chi connectivity index (χ1v) is 7.82. The topological polar surface area (TPSA) is 59.4 Å². The molecular formula is C14H17NO3S2. The summed E-state index contributed by atoms with van der Waals surface area (Å²) in [5.41, 5.74) is -0.0858. The molecule has 0 bridgehead atoms. The van der Waals surface area contributed by atoms with Crippen molar-refractivity contribution in [2.75, 3.05) is 0 Å². The van der Waals surface area contributed by atoms with Crippen molar-refractivity contribution in [1.82, 2.24) is 4.98 Å². The van der Waals surface area contributed by atoms with Gasteiger partial charge >= 0.3 is 5.97 Å². The number of nitrogens with zero attached hydrogens (tertiary/aromatic N) is 1. The third kappa shape index (κ3) is 3.37. The van der Waals surface area contributed by atoms with Crippen LogP contribution < -0.4 is 4.74 Å². The van der Waals surface area contributed by atoms with Crippen LogP contribution in [0.25, 0.3) is 0 Å². The number of rotatable bonds is 4. The number of thiazole rings is 1. The summed E-state index contributed by atoms with van der Waals surface area (Å²) in [6.07, 6.45) is 1.76. The average Bonchev–Trinajstić information content (AvgIpc) is 2.91. The zero-order valence-electron chi connectivity index (χ0n) is 11.9. The fraction of sp³-hybridized carbons (Fsp3) is 0.429. The molecule has 1 N–H and O–H groups in total. The van der Waals surface area contributed by atoms with E-state index < -0.39 is 5.97 Å². The van der Waals surface area contributed by atoms with Crippen LogP contribution in [-0.4, -0.2) is 16.1 Å². The summed E-state index contributed by atoms with van der Waals surface area (Å²) in [5.74, 6) is -0.500. The van der Waals surface area contributed by atoms with Crippen molar-refractivity contribution in [1.29, 1.82) is 0 Å². The normalized spacial score (nSPS) is 11.6. The molecule has 0 spiro atoms. The highest BCUT2D eigenvalue weighted by Crippen LogP contribution is 2.37. The smallest absolute Gasteiger partial charge is 0.349 e. The predicted molar refractivity (Wildman–Crippen MR) is 81.2 cm³/mol. The minimum Gasteiger partial charge on any atom is -0.486 e. The number of carbonyl (C=O) groups is 1. The Morgan fingerprint density at radius 3 is 2.60 bits per heavy atom. The van der Waals surface area contributed by atoms with Gasteiger partial charge in [-0.15, -0.1) is 22.7 Å². The Balaban J connectivity index is 2.21. The maximum atomic E-state index is 11.3. The molecule has 108 valence electrons. The van der Waals surface area contributed by atoms with Gasteiger partial charge in [0.25, 0.3) is 0 Å². The van der Waals surface area contributed by atoms with E-state index in [2.05, 4.69) is 25.8 Å². The van der Waals surface area contributed by atoms with Gasteiger partial charge in [0.05, 0.1) is 9.88 Å². The van der Waals surface area contributed by atoms with E-state index in [4.69, 9.17) is 4.74 Å². The third-order valence-electron chi connectivity index (χ3n) is 2.67. The maximum absolute atomic E-state index is 11.3. The molecule has 20 heavy (non-hydrogen) atoms. The van der Waals surface area contributed by atoms with Gasteiger partial charge < -0.3 is 9.84 Å². The van der Waals surface area contributed by atoms with Gasteiger partial charge in [-0.25, -0.2) is 9.78 Å². The Labute approximate surface area is 126 Å². The van der Waals surface area contributed by atoms with Crippen LogP contribution in [0.5, 0.6) is 5.75 Å². The van der Waals surface area contributed by atoms with Crippen molar-refractivity contribution in [3.05, 3.63) is 31.9 Å². The number of aromatic carboxylic acids is 1. The van der Waals surface area contributed by atoms with E-state index >= 15 is 0 Å². The van der Waals surface area contributed by atoms with Gasteiger partial charge in [0.1, 0.15) is 12.4 Å². The molecule has 0 aliphatic rings. The van der Waals surface area contributed by atoms with Crippen molar-refractivity contribution in [3.63, 3.8) is 0 Å². The molecule has 2 rings (SSSR count). The molecule has 0 unspecified atom stereocenters. The van der Waals surface area contributed by atoms with Gasteiger partial charge in [-0.05, 0) is 18.4 Å². The fourth-order valence-electron chi connectivity index (χ4n) is 1.62. The Hall–Kier alpha value is -1.40. The van der Waals surface area contributed by atoms with Crippen LogP contribution in [0.4, 0.5) is 0 Å². The van der Waals surface area contributed by atoms with Gasteiger partial charge in [0.2, 0.25) is 0 Å². The summed E-state index contributed by atoms with van der Waals surface area (Å²) in [7, 11) is 0. The molecule has 0 atom stereocenters. The van der Waals surface area contributed by atoms with Gasteiger partial charge in [0.15, 0.2) is 4.88 Å². The second-order valence-electron chi connectivity index (χ2n) is 5.49. The van der Waals surface area contributed by atoms with Crippen LogP contribution in [0.3, 0.4) is 0 Å². The number of ether oxygens (including phenoxy) is 1. The first-order chi connectivity index (χ1) is 9.27. The van der Waals surface area contributed by atoms with Crippen LogP contribution in [0.2, 0.25) is 0 Å². The van der Waals surface area contributed by atoms with E-state index in [1.54, 1.807) is 17.5 Å². The van der Waals surface area contributed by atoms with Crippen LogP contribution >= 0.6 is 22.7 Å². The van der Waals surface area contributed by atoms with E-state index in [0.29, 0.717) is 12.4 Å². The first-order valence-electron chi connectivity index (χ1n) is 6.19. The average molecular weight is 311 g/mol. The molecule has 0 amide bonds. The minimum atomic E-state index is -0.944. The summed E-state index contributed by atoms with van der Waals surface area (Å²) in [6.45, 7) is 8.45. The molecule has 2 aromatic rings. The van der Waals surface area contributed by atoms with Gasteiger partial charge in [-0.2, -0.15) is 0 Å². The second-order valence-corrected chi connectivity index (χ2v) is 7.86. The lowest BCUT2D eigenvalue weighted by Crippen LogP contribution is -2.08. The van der Waals surface area contributed by atoms with E-state index in [9.17, 15) is 9.90 Å². The van der Waals surface area contributed by atoms with Crippen molar-refractivity contribution in [3.8, 4) is 5.75 Å². The number of aromatic nitrogens is 1. The second kappa shape index (κ2) is 5.54. The highest BCUT2D eigenvalue weighted by Gasteiger charge is 2.23. The Morgan fingerprint density at radius 2 is 2.10 bits per heavy atom. The Bertz CT molecular complexity index is 623. The van der Waals surface area contributed by atoms with Crippen LogP contribution in [0.1, 0.15) is 45.2 Å². The fourth-order valence-corrected chi connectivity index (χ4v) is 3.33. The lowest BCUT2D eigenvalue weighted by Gasteiger charge is -2.14. The van der Waals surface area contributed by atoms with Crippen LogP contribution in [0, 0.1) is 6.92 Å². The molecule has 4 nitrogen and oxygen atoms in total. The molecule has 0 saturated heterocycles. The zero-order valence-corrected chi connectivity index (χ0v) is 13.5. The van der Waals surface area contributed by atoms with Gasteiger partial charge in [-0.3, -0.25) is 0 Å². The quantitative estimate of drug-likeness (QED) is 0.924. The molecule has 0 saturated carbocycles. The first kappa shape index (κ1) is 15.0. The number of thiophene rings is 1. The highest BCUT2D eigenvalue weighted by molar-refractivity contribution is 7.14. The van der Waals surface area contributed by atoms with Crippen molar-refractivity contribution >= 4 is 28.6 Å². The number of carboxylic acids is 1. The van der Waals surface area contributed by atoms with E-state index in [-0.39, 0.29) is 10.3 Å². The monoisotopic (exact) mass is 311 g/mol. The summed E-state index contributed by atoms with van der Waals surface area (Å²) < 4.78 is 5.67. The molecule has 0 radical (unpaired) electrons. The largest absolute Gasteiger partial charge is 0.486 e. The van der Waals surface area contributed by atoms with Gasteiger partial charge in [0, 0.05) is 11.1 Å². The molecule has 6 heteroatoms. The van der Waals surface area contributed by atoms with E-state index in [1.165, 1.54) is 11.3 Å². The number of carboxylic acid groups (broad SMARTS) is 1. The summed E-state index contributed by atoms with van der Waals surface area (Å²) in [4.78, 5) is 17.7. The lowest BCUT2D eigenvalue weighted by atomic mass is 9.95. The maximum Gasteiger partial charge on any atom is 0.349 e. The standard InChI is InChI=1S/C14H17NO3S2/c1-8-15-6-9(19-8)7-18-10-5-11(14(2,3)4)20-12(10)13(16)17/h5-6H,7H2,1-4H3,(H,16,17). The SMILES string of the molecule is Cc1ncc(COc2cc(C(C)(C)C)sc2C(=O)O)s1. The molecule has 0 aromatic carbocycles. The lowest BCUT2D eigenvalue weighted by molar-refractivity contribution is 0.0697. The van der Waals surface area contributed by atoms with Crippen molar-refractivity contribution in [2.24, 2.45) is 0 Å². The molecule has 2 aromatic heterocycles. The molecule has 0 aliphatic carbocycles. The Kier molecular flexibility index (Phi) is 4.15. The Morgan fingerprint density at radius 1 is 1.40 bits per heavy atom. The van der Waals surface area contributed by atoms with E-state index in [0.717, 1.165) is 14.8 Å².